The van der Waals surface area contributed by atoms with E-state index in [4.69, 9.17) is 4.74 Å². The van der Waals surface area contributed by atoms with Gasteiger partial charge in [-0.05, 0) is 59.0 Å². The van der Waals surface area contributed by atoms with E-state index in [9.17, 15) is 9.59 Å². The highest BCUT2D eigenvalue weighted by molar-refractivity contribution is 9.10. The Morgan fingerprint density at radius 1 is 1.14 bits per heavy atom. The van der Waals surface area contributed by atoms with Crippen molar-refractivity contribution >= 4 is 27.7 Å². The van der Waals surface area contributed by atoms with E-state index >= 15 is 0 Å². The fourth-order valence-electron chi connectivity index (χ4n) is 3.01. The van der Waals surface area contributed by atoms with Crippen molar-refractivity contribution in [1.29, 1.82) is 0 Å². The van der Waals surface area contributed by atoms with Gasteiger partial charge in [-0.2, -0.15) is 0 Å². The van der Waals surface area contributed by atoms with Crippen molar-refractivity contribution in [3.8, 4) is 5.75 Å². The molecule has 0 unspecified atom stereocenters. The lowest BCUT2D eigenvalue weighted by atomic mass is 10.0. The molecule has 0 aliphatic rings. The third-order valence-corrected chi connectivity index (χ3v) is 5.44. The van der Waals surface area contributed by atoms with Gasteiger partial charge >= 0.3 is 0 Å². The molecule has 0 bridgehead atoms. The van der Waals surface area contributed by atoms with Crippen LogP contribution in [0.25, 0.3) is 0 Å². The molecule has 2 rings (SSSR count). The number of carbonyl (C=O) groups excluding carboxylic acids is 2. The Hall–Kier alpha value is -2.34. The summed E-state index contributed by atoms with van der Waals surface area (Å²) in [4.78, 5) is 26.7. The predicted molar refractivity (Wildman–Crippen MR) is 119 cm³/mol. The number of likely N-dealkylation sites (N-methyl/N-ethyl adjacent to an activating group) is 1. The van der Waals surface area contributed by atoms with Crippen LogP contribution in [0.15, 0.2) is 46.9 Å². The smallest absolute Gasteiger partial charge is 0.261 e. The van der Waals surface area contributed by atoms with Gasteiger partial charge in [0.25, 0.3) is 5.91 Å². The van der Waals surface area contributed by atoms with Crippen molar-refractivity contribution in [1.82, 2.24) is 10.2 Å². The predicted octanol–water partition coefficient (Wildman–Crippen LogP) is 4.42. The number of benzene rings is 2. The number of aryl methyl sites for hydroxylation is 1. The minimum absolute atomic E-state index is 0.146. The van der Waals surface area contributed by atoms with Gasteiger partial charge in [-0.15, -0.1) is 0 Å². The Morgan fingerprint density at radius 2 is 1.86 bits per heavy atom. The summed E-state index contributed by atoms with van der Waals surface area (Å²) in [6.07, 6.45) is 0. The average Bonchev–Trinajstić information content (AvgIpc) is 2.69. The normalized spacial score (nSPS) is 11.8. The van der Waals surface area contributed by atoms with Crippen molar-refractivity contribution in [3.05, 3.63) is 63.6 Å². The average molecular weight is 461 g/mol. The van der Waals surface area contributed by atoms with E-state index in [0.29, 0.717) is 18.2 Å². The van der Waals surface area contributed by atoms with E-state index < -0.39 is 6.04 Å². The second-order valence-corrected chi connectivity index (χ2v) is 8.29. The highest BCUT2D eigenvalue weighted by Crippen LogP contribution is 2.29. The third kappa shape index (κ3) is 6.32. The molecule has 0 fully saturated rings. The number of rotatable bonds is 8. The SMILES string of the molecule is CNC(=O)[C@H](C)N(Cc1cccc(C)c1)C(=O)COc1ccc(C(C)C)cc1Br. The first-order valence-electron chi connectivity index (χ1n) is 9.71. The van der Waals surface area contributed by atoms with Gasteiger partial charge in [0.15, 0.2) is 6.61 Å². The molecule has 0 radical (unpaired) electrons. The lowest BCUT2D eigenvalue weighted by molar-refractivity contribution is -0.142. The van der Waals surface area contributed by atoms with Crippen LogP contribution in [-0.2, 0) is 16.1 Å². The van der Waals surface area contributed by atoms with Gasteiger partial charge in [-0.1, -0.05) is 49.7 Å². The second kappa shape index (κ2) is 10.4. The summed E-state index contributed by atoms with van der Waals surface area (Å²) in [5, 5.41) is 2.62. The summed E-state index contributed by atoms with van der Waals surface area (Å²) in [7, 11) is 1.57. The molecule has 156 valence electrons. The fourth-order valence-corrected chi connectivity index (χ4v) is 3.53. The van der Waals surface area contributed by atoms with Crippen LogP contribution < -0.4 is 10.1 Å². The molecule has 5 nitrogen and oxygen atoms in total. The molecule has 1 N–H and O–H groups in total. The van der Waals surface area contributed by atoms with Gasteiger partial charge in [-0.3, -0.25) is 9.59 Å². The minimum Gasteiger partial charge on any atom is -0.483 e. The summed E-state index contributed by atoms with van der Waals surface area (Å²) in [6.45, 7) is 8.15. The molecule has 2 aromatic rings. The van der Waals surface area contributed by atoms with Gasteiger partial charge in [-0.25, -0.2) is 0 Å². The van der Waals surface area contributed by atoms with E-state index in [1.807, 2.05) is 49.4 Å². The van der Waals surface area contributed by atoms with E-state index in [0.717, 1.165) is 15.6 Å². The zero-order valence-electron chi connectivity index (χ0n) is 17.7. The number of nitrogens with zero attached hydrogens (tertiary/aromatic N) is 1. The minimum atomic E-state index is -0.608. The summed E-state index contributed by atoms with van der Waals surface area (Å²) in [5.41, 5.74) is 3.26. The monoisotopic (exact) mass is 460 g/mol. The molecule has 0 heterocycles. The highest BCUT2D eigenvalue weighted by atomic mass is 79.9. The maximum Gasteiger partial charge on any atom is 0.261 e. The van der Waals surface area contributed by atoms with Crippen molar-refractivity contribution in [3.63, 3.8) is 0 Å². The van der Waals surface area contributed by atoms with E-state index in [2.05, 4.69) is 35.1 Å². The number of nitrogens with one attached hydrogen (secondary N) is 1. The van der Waals surface area contributed by atoms with Crippen LogP contribution in [0, 0.1) is 6.92 Å². The molecular weight excluding hydrogens is 432 g/mol. The van der Waals surface area contributed by atoms with Gasteiger partial charge < -0.3 is 15.0 Å². The third-order valence-electron chi connectivity index (χ3n) is 4.82. The lowest BCUT2D eigenvalue weighted by Crippen LogP contribution is -2.48. The van der Waals surface area contributed by atoms with Gasteiger partial charge in [0, 0.05) is 13.6 Å². The van der Waals surface area contributed by atoms with Crippen LogP contribution in [-0.4, -0.2) is 36.4 Å². The summed E-state index contributed by atoms with van der Waals surface area (Å²) in [5.74, 6) is 0.543. The van der Waals surface area contributed by atoms with Crippen LogP contribution in [0.1, 0.15) is 43.4 Å². The van der Waals surface area contributed by atoms with Crippen molar-refractivity contribution in [2.45, 2.75) is 46.2 Å². The highest BCUT2D eigenvalue weighted by Gasteiger charge is 2.26. The van der Waals surface area contributed by atoms with Crippen LogP contribution in [0.2, 0.25) is 0 Å². The number of carbonyl (C=O) groups is 2. The number of hydrogen-bond acceptors (Lipinski definition) is 3. The molecule has 1 atom stereocenters. The fraction of sp³-hybridized carbons (Fsp3) is 0.391. The van der Waals surface area contributed by atoms with Crippen molar-refractivity contribution in [2.75, 3.05) is 13.7 Å². The number of ether oxygens (including phenoxy) is 1. The van der Waals surface area contributed by atoms with E-state index in [1.165, 1.54) is 5.56 Å². The molecule has 2 amide bonds. The number of amides is 2. The maximum atomic E-state index is 13.0. The van der Waals surface area contributed by atoms with E-state index in [1.54, 1.807) is 18.9 Å². The standard InChI is InChI=1S/C23H29BrN2O3/c1-15(2)19-9-10-21(20(24)12-19)29-14-22(27)26(17(4)23(28)25-5)13-18-8-6-7-16(3)11-18/h6-12,15,17H,13-14H2,1-5H3,(H,25,28)/t17-/m0/s1. The van der Waals surface area contributed by atoms with Crippen LogP contribution in [0.3, 0.4) is 0 Å². The largest absolute Gasteiger partial charge is 0.483 e. The first-order chi connectivity index (χ1) is 13.7. The summed E-state index contributed by atoms with van der Waals surface area (Å²) < 4.78 is 6.58. The molecule has 0 saturated heterocycles. The zero-order valence-corrected chi connectivity index (χ0v) is 19.2. The molecule has 2 aromatic carbocycles. The number of halogens is 1. The quantitative estimate of drug-likeness (QED) is 0.633. The molecular formula is C23H29BrN2O3. The van der Waals surface area contributed by atoms with E-state index in [-0.39, 0.29) is 18.4 Å². The topological polar surface area (TPSA) is 58.6 Å². The van der Waals surface area contributed by atoms with Gasteiger partial charge in [0.05, 0.1) is 4.47 Å². The zero-order chi connectivity index (χ0) is 21.6. The lowest BCUT2D eigenvalue weighted by Gasteiger charge is -2.28. The first kappa shape index (κ1) is 22.9. The summed E-state index contributed by atoms with van der Waals surface area (Å²) >= 11 is 3.51. The Balaban J connectivity index is 2.15. The Labute approximate surface area is 181 Å². The van der Waals surface area contributed by atoms with Gasteiger partial charge in [0.2, 0.25) is 5.91 Å². The van der Waals surface area contributed by atoms with Crippen molar-refractivity contribution in [2.24, 2.45) is 0 Å². The molecule has 0 aliphatic heterocycles. The molecule has 0 aliphatic carbocycles. The Morgan fingerprint density at radius 3 is 2.45 bits per heavy atom. The second-order valence-electron chi connectivity index (χ2n) is 7.43. The van der Waals surface area contributed by atoms with Crippen molar-refractivity contribution < 1.29 is 14.3 Å². The first-order valence-corrected chi connectivity index (χ1v) is 10.5. The Kier molecular flexibility index (Phi) is 8.26. The van der Waals surface area contributed by atoms with Gasteiger partial charge in [0.1, 0.15) is 11.8 Å². The molecule has 29 heavy (non-hydrogen) atoms. The molecule has 0 saturated carbocycles. The molecule has 6 heteroatoms. The molecule has 0 spiro atoms. The number of hydrogen-bond donors (Lipinski definition) is 1. The van der Waals surface area contributed by atoms with Crippen LogP contribution >= 0.6 is 15.9 Å². The van der Waals surface area contributed by atoms with Crippen LogP contribution in [0.4, 0.5) is 0 Å². The Bertz CT molecular complexity index is 867. The summed E-state index contributed by atoms with van der Waals surface area (Å²) in [6, 6.07) is 13.2. The molecule has 0 aromatic heterocycles. The van der Waals surface area contributed by atoms with Crippen LogP contribution in [0.5, 0.6) is 5.75 Å². The maximum absolute atomic E-state index is 13.0.